The molecule has 0 aromatic carbocycles. The van der Waals surface area contributed by atoms with Crippen molar-refractivity contribution in [2.75, 3.05) is 13.2 Å². The van der Waals surface area contributed by atoms with E-state index in [-0.39, 0.29) is 0 Å². The van der Waals surface area contributed by atoms with Crippen molar-refractivity contribution >= 4 is 5.97 Å². The number of unbranched alkanes of at least 4 members (excludes halogenated alkanes) is 2. The van der Waals surface area contributed by atoms with Crippen LogP contribution in [0.3, 0.4) is 0 Å². The van der Waals surface area contributed by atoms with Crippen LogP contribution in [0.15, 0.2) is 0 Å². The topological polar surface area (TPSA) is 46.5 Å². The zero-order chi connectivity index (χ0) is 13.9. The van der Waals surface area contributed by atoms with Gasteiger partial charge in [0.15, 0.2) is 0 Å². The molecule has 0 bridgehead atoms. The summed E-state index contributed by atoms with van der Waals surface area (Å²) >= 11 is 0. The zero-order valence-electron chi connectivity index (χ0n) is 12.3. The third-order valence-electron chi connectivity index (χ3n) is 3.51. The Kier molecular flexibility index (Phi) is 10.0. The van der Waals surface area contributed by atoms with E-state index in [1.165, 1.54) is 12.8 Å². The van der Waals surface area contributed by atoms with Gasteiger partial charge in [0, 0.05) is 13.2 Å². The lowest BCUT2D eigenvalue weighted by atomic mass is 9.80. The molecule has 1 rings (SSSR count). The molecule has 0 saturated carbocycles. The molecule has 3 heteroatoms. The Balaban J connectivity index is 0.000000473. The maximum Gasteiger partial charge on any atom is 0.309 e. The number of hydrogen-bond donors (Lipinski definition) is 1. The van der Waals surface area contributed by atoms with Crippen molar-refractivity contribution in [3.05, 3.63) is 0 Å². The van der Waals surface area contributed by atoms with Crippen LogP contribution in [0.2, 0.25) is 0 Å². The highest BCUT2D eigenvalue weighted by Crippen LogP contribution is 2.30. The minimum absolute atomic E-state index is 0.480. The number of carboxylic acids is 1. The predicted molar refractivity (Wildman–Crippen MR) is 74.8 cm³/mol. The van der Waals surface area contributed by atoms with Crippen LogP contribution < -0.4 is 0 Å². The number of carbonyl (C=O) groups is 1. The quantitative estimate of drug-likeness (QED) is 0.742. The van der Waals surface area contributed by atoms with Crippen molar-refractivity contribution in [1.82, 2.24) is 0 Å². The lowest BCUT2D eigenvalue weighted by Crippen LogP contribution is -2.27. The molecule has 18 heavy (non-hydrogen) atoms. The second kappa shape index (κ2) is 10.4. The molecule has 1 N–H and O–H groups in total. The lowest BCUT2D eigenvalue weighted by Gasteiger charge is -2.24. The van der Waals surface area contributed by atoms with E-state index in [0.717, 1.165) is 51.7 Å². The van der Waals surface area contributed by atoms with Crippen molar-refractivity contribution in [3.8, 4) is 0 Å². The number of carboxylic acid groups (broad SMARTS) is 1. The average molecular weight is 258 g/mol. The molecular formula is C15H30O3. The molecule has 3 nitrogen and oxygen atoms in total. The molecule has 1 fully saturated rings. The second-order valence-corrected chi connectivity index (χ2v) is 5.39. The summed E-state index contributed by atoms with van der Waals surface area (Å²) in [6, 6.07) is 0. The fraction of sp³-hybridized carbons (Fsp3) is 0.933. The average Bonchev–Trinajstić information content (AvgIpc) is 2.92. The molecule has 108 valence electrons. The van der Waals surface area contributed by atoms with Crippen LogP contribution in [0.4, 0.5) is 0 Å². The summed E-state index contributed by atoms with van der Waals surface area (Å²) < 4.78 is 4.94. The predicted octanol–water partition coefficient (Wildman–Crippen LogP) is 4.25. The summed E-state index contributed by atoms with van der Waals surface area (Å²) in [6.45, 7) is 8.07. The summed E-state index contributed by atoms with van der Waals surface area (Å²) in [6.07, 6.45) is 8.39. The Morgan fingerprint density at radius 2 is 1.56 bits per heavy atom. The van der Waals surface area contributed by atoms with E-state index in [1.807, 2.05) is 6.92 Å². The van der Waals surface area contributed by atoms with Gasteiger partial charge in [0.1, 0.15) is 0 Å². The van der Waals surface area contributed by atoms with Crippen LogP contribution >= 0.6 is 0 Å². The van der Waals surface area contributed by atoms with Gasteiger partial charge in [-0.3, -0.25) is 4.79 Å². The van der Waals surface area contributed by atoms with Gasteiger partial charge in [0.2, 0.25) is 0 Å². The molecule has 1 aliphatic heterocycles. The van der Waals surface area contributed by atoms with E-state index in [1.54, 1.807) is 0 Å². The smallest absolute Gasteiger partial charge is 0.309 e. The first kappa shape index (κ1) is 17.4. The van der Waals surface area contributed by atoms with Crippen molar-refractivity contribution in [2.45, 2.75) is 72.1 Å². The molecule has 0 aliphatic carbocycles. The third kappa shape index (κ3) is 7.70. The summed E-state index contributed by atoms with van der Waals surface area (Å²) in [7, 11) is 0. The Bertz CT molecular complexity index is 194. The van der Waals surface area contributed by atoms with E-state index >= 15 is 0 Å². The lowest BCUT2D eigenvalue weighted by molar-refractivity contribution is -0.149. The molecule has 0 aromatic rings. The Labute approximate surface area is 112 Å². The Morgan fingerprint density at radius 1 is 1.11 bits per heavy atom. The molecule has 0 aromatic heterocycles. The molecule has 1 heterocycles. The Hall–Kier alpha value is -0.570. The maximum atomic E-state index is 11.0. The third-order valence-corrected chi connectivity index (χ3v) is 3.51. The minimum Gasteiger partial charge on any atom is -0.481 e. The van der Waals surface area contributed by atoms with Gasteiger partial charge in [-0.15, -0.1) is 0 Å². The van der Waals surface area contributed by atoms with Gasteiger partial charge in [-0.2, -0.15) is 0 Å². The number of rotatable bonds is 7. The van der Waals surface area contributed by atoms with E-state index in [4.69, 9.17) is 9.84 Å². The number of ether oxygens (including phenoxy) is 1. The fourth-order valence-corrected chi connectivity index (χ4v) is 1.98. The molecule has 0 radical (unpaired) electrons. The number of aliphatic carboxylic acids is 1. The standard InChI is InChI=1S/C11H22O2.C4H8O/c1-4-6-8-11(3,10(12)13)9-7-5-2;1-2-4-5-3-1/h4-9H2,1-3H3,(H,12,13);1-4H2. The number of hydrogen-bond acceptors (Lipinski definition) is 2. The van der Waals surface area contributed by atoms with Crippen LogP contribution in [0.25, 0.3) is 0 Å². The monoisotopic (exact) mass is 258 g/mol. The fourth-order valence-electron chi connectivity index (χ4n) is 1.98. The highest BCUT2D eigenvalue weighted by atomic mass is 16.5. The van der Waals surface area contributed by atoms with Gasteiger partial charge in [-0.05, 0) is 32.6 Å². The molecule has 1 aliphatic rings. The van der Waals surface area contributed by atoms with Gasteiger partial charge in [0.05, 0.1) is 5.41 Å². The highest BCUT2D eigenvalue weighted by molar-refractivity contribution is 5.73. The SMILES string of the molecule is C1CCOC1.CCCCC(C)(CCCC)C(=O)O. The molecular weight excluding hydrogens is 228 g/mol. The summed E-state index contributed by atoms with van der Waals surface area (Å²) in [5, 5.41) is 9.09. The summed E-state index contributed by atoms with van der Waals surface area (Å²) in [5.41, 5.74) is -0.480. The first-order valence-electron chi connectivity index (χ1n) is 7.38. The zero-order valence-corrected chi connectivity index (χ0v) is 12.3. The van der Waals surface area contributed by atoms with Gasteiger partial charge in [0.25, 0.3) is 0 Å². The first-order chi connectivity index (χ1) is 8.56. The van der Waals surface area contributed by atoms with Crippen LogP contribution in [0.5, 0.6) is 0 Å². The van der Waals surface area contributed by atoms with E-state index in [0.29, 0.717) is 0 Å². The maximum absolute atomic E-state index is 11.0. The van der Waals surface area contributed by atoms with E-state index in [9.17, 15) is 4.79 Å². The van der Waals surface area contributed by atoms with Crippen LogP contribution in [0, 0.1) is 5.41 Å². The van der Waals surface area contributed by atoms with Gasteiger partial charge < -0.3 is 9.84 Å². The molecule has 0 spiro atoms. The normalized spacial score (nSPS) is 15.1. The molecule has 1 saturated heterocycles. The van der Waals surface area contributed by atoms with Crippen LogP contribution in [-0.2, 0) is 9.53 Å². The molecule has 0 unspecified atom stereocenters. The van der Waals surface area contributed by atoms with Gasteiger partial charge >= 0.3 is 5.97 Å². The van der Waals surface area contributed by atoms with E-state index < -0.39 is 11.4 Å². The van der Waals surface area contributed by atoms with E-state index in [2.05, 4.69) is 13.8 Å². The molecule has 0 atom stereocenters. The van der Waals surface area contributed by atoms with Crippen molar-refractivity contribution < 1.29 is 14.6 Å². The van der Waals surface area contributed by atoms with Gasteiger partial charge in [-0.1, -0.05) is 39.5 Å². The highest BCUT2D eigenvalue weighted by Gasteiger charge is 2.31. The minimum atomic E-state index is -0.630. The largest absolute Gasteiger partial charge is 0.481 e. The van der Waals surface area contributed by atoms with Crippen LogP contribution in [-0.4, -0.2) is 24.3 Å². The summed E-state index contributed by atoms with van der Waals surface area (Å²) in [5.74, 6) is -0.630. The van der Waals surface area contributed by atoms with Crippen LogP contribution in [0.1, 0.15) is 72.1 Å². The van der Waals surface area contributed by atoms with Crippen molar-refractivity contribution in [3.63, 3.8) is 0 Å². The summed E-state index contributed by atoms with van der Waals surface area (Å²) in [4.78, 5) is 11.0. The van der Waals surface area contributed by atoms with Gasteiger partial charge in [-0.25, -0.2) is 0 Å². The Morgan fingerprint density at radius 3 is 1.78 bits per heavy atom. The van der Waals surface area contributed by atoms with Crippen molar-refractivity contribution in [2.24, 2.45) is 5.41 Å². The molecule has 0 amide bonds. The second-order valence-electron chi connectivity index (χ2n) is 5.39. The van der Waals surface area contributed by atoms with Crippen molar-refractivity contribution in [1.29, 1.82) is 0 Å². The first-order valence-corrected chi connectivity index (χ1v) is 7.38.